The molecule has 5 rings (SSSR count). The second-order valence-corrected chi connectivity index (χ2v) is 10.2. The van der Waals surface area contributed by atoms with E-state index >= 15 is 0 Å². The summed E-state index contributed by atoms with van der Waals surface area (Å²) in [5.74, 6) is -4.06. The highest BCUT2D eigenvalue weighted by molar-refractivity contribution is 6.45. The van der Waals surface area contributed by atoms with Crippen LogP contribution in [0.5, 0.6) is 0 Å². The lowest BCUT2D eigenvalue weighted by Crippen LogP contribution is -2.52. The van der Waals surface area contributed by atoms with E-state index in [1.54, 1.807) is 61.2 Å². The van der Waals surface area contributed by atoms with E-state index in [2.05, 4.69) is 10.3 Å². The van der Waals surface area contributed by atoms with Crippen LogP contribution < -0.4 is 5.32 Å². The summed E-state index contributed by atoms with van der Waals surface area (Å²) in [6, 6.07) is 13.8. The van der Waals surface area contributed by atoms with Gasteiger partial charge in [-0.15, -0.1) is 0 Å². The van der Waals surface area contributed by atoms with Gasteiger partial charge in [-0.2, -0.15) is 0 Å². The average molecular weight is 563 g/mol. The molecule has 0 saturated carbocycles. The highest BCUT2D eigenvalue weighted by Crippen LogP contribution is 2.31. The zero-order valence-corrected chi connectivity index (χ0v) is 22.8. The number of para-hydroxylation sites is 1. The zero-order chi connectivity index (χ0) is 29.3. The number of piperazine rings is 1. The number of methoxy groups -OCH3 is 1. The summed E-state index contributed by atoms with van der Waals surface area (Å²) in [6.45, 7) is 4.25. The minimum Gasteiger partial charge on any atom is -0.467 e. The Kier molecular flexibility index (Phi) is 7.61. The number of esters is 1. The average Bonchev–Trinajstić information content (AvgIpc) is 3.57. The van der Waals surface area contributed by atoms with Crippen molar-refractivity contribution in [1.82, 2.24) is 14.8 Å². The van der Waals surface area contributed by atoms with Gasteiger partial charge in [-0.25, -0.2) is 4.79 Å². The Labute approximate surface area is 235 Å². The first-order valence-electron chi connectivity index (χ1n) is 13.1. The Bertz CT molecular complexity index is 1510. The number of amides is 3. The molecule has 0 spiro atoms. The maximum Gasteiger partial charge on any atom is 0.338 e. The third-order valence-corrected chi connectivity index (χ3v) is 7.08. The van der Waals surface area contributed by atoms with Crippen molar-refractivity contribution in [2.75, 3.05) is 38.6 Å². The molecule has 3 amide bonds. The number of nitrogens with one attached hydrogen (secondary N) is 2. The molecule has 2 N–H and O–H groups in total. The summed E-state index contributed by atoms with van der Waals surface area (Å²) in [4.78, 5) is 70.4. The number of hydrogen-bond acceptors (Lipinski definition) is 8. The second-order valence-electron chi connectivity index (χ2n) is 10.2. The summed E-state index contributed by atoms with van der Waals surface area (Å²) < 4.78 is 15.9. The van der Waals surface area contributed by atoms with E-state index in [9.17, 15) is 24.0 Å². The molecule has 2 fully saturated rings. The van der Waals surface area contributed by atoms with Crippen LogP contribution in [0.3, 0.4) is 0 Å². The number of nitrogens with zero attached hydrogens (tertiary/aromatic N) is 2. The van der Waals surface area contributed by atoms with E-state index in [0.29, 0.717) is 35.2 Å². The summed E-state index contributed by atoms with van der Waals surface area (Å²) in [6.07, 6.45) is -1.10. The van der Waals surface area contributed by atoms with Crippen molar-refractivity contribution in [3.8, 4) is 0 Å². The fraction of sp³-hybridized carbons (Fsp3) is 0.345. The molecule has 3 aromatic rings. The first-order chi connectivity index (χ1) is 19.6. The van der Waals surface area contributed by atoms with Crippen molar-refractivity contribution in [1.29, 1.82) is 0 Å². The number of Topliss-reactive ketones (excluding diaryl/α,β-unsaturated/α-hetero) is 1. The minimum absolute atomic E-state index is 0.119. The number of rotatable bonds is 6. The summed E-state index contributed by atoms with van der Waals surface area (Å²) in [5.41, 5.74) is 1.46. The van der Waals surface area contributed by atoms with Gasteiger partial charge in [0.25, 0.3) is 23.5 Å². The molecule has 0 bridgehead atoms. The van der Waals surface area contributed by atoms with Gasteiger partial charge in [0.15, 0.2) is 18.0 Å². The molecule has 1 aromatic heterocycles. The number of ketones is 1. The normalized spacial score (nSPS) is 20.1. The third kappa shape index (κ3) is 5.56. The monoisotopic (exact) mass is 562 g/mol. The zero-order valence-electron chi connectivity index (χ0n) is 22.8. The lowest BCUT2D eigenvalue weighted by atomic mass is 10.1. The van der Waals surface area contributed by atoms with E-state index in [1.165, 1.54) is 18.2 Å². The van der Waals surface area contributed by atoms with Gasteiger partial charge in [-0.3, -0.25) is 19.2 Å². The number of aromatic amines is 1. The number of ether oxygens (including phenoxy) is 3. The lowest BCUT2D eigenvalue weighted by molar-refractivity contribution is -0.168. The molecule has 2 aliphatic rings. The van der Waals surface area contributed by atoms with E-state index in [0.717, 1.165) is 0 Å². The molecule has 3 heterocycles. The number of anilines is 1. The second kappa shape index (κ2) is 11.1. The number of carbonyl (C=O) groups excluding carboxylic acids is 5. The lowest BCUT2D eigenvalue weighted by Gasteiger charge is -2.34. The molecule has 214 valence electrons. The van der Waals surface area contributed by atoms with Crippen LogP contribution in [-0.4, -0.2) is 95.5 Å². The molecule has 0 aliphatic carbocycles. The van der Waals surface area contributed by atoms with Crippen LogP contribution in [0.25, 0.3) is 10.9 Å². The fourth-order valence-corrected chi connectivity index (χ4v) is 5.03. The standard InChI is InChI=1S/C29H30N4O8/c1-29(2)40-23(24(41-29)28(38)39-3)25(35)31-20-11-7-10-18-19(16-30-21(18)20)22(34)27(37)33-14-12-32(13-15-33)26(36)17-8-5-4-6-9-17/h4-11,16,23-24,30H,12-15H2,1-3H3,(H,31,35)/t23-,24-/m1/s1. The predicted molar refractivity (Wildman–Crippen MR) is 146 cm³/mol. The van der Waals surface area contributed by atoms with Gasteiger partial charge in [0.1, 0.15) is 0 Å². The Morgan fingerprint density at radius 3 is 2.24 bits per heavy atom. The molecular formula is C29H30N4O8. The van der Waals surface area contributed by atoms with Crippen molar-refractivity contribution in [2.24, 2.45) is 0 Å². The third-order valence-electron chi connectivity index (χ3n) is 7.08. The largest absolute Gasteiger partial charge is 0.467 e. The first-order valence-corrected chi connectivity index (χ1v) is 13.1. The Hall–Kier alpha value is -4.55. The number of aromatic nitrogens is 1. The van der Waals surface area contributed by atoms with Crippen LogP contribution in [0, 0.1) is 0 Å². The van der Waals surface area contributed by atoms with Crippen LogP contribution in [0.4, 0.5) is 5.69 Å². The maximum atomic E-state index is 13.3. The van der Waals surface area contributed by atoms with Gasteiger partial charge in [0, 0.05) is 43.3 Å². The van der Waals surface area contributed by atoms with Gasteiger partial charge >= 0.3 is 5.97 Å². The number of benzene rings is 2. The van der Waals surface area contributed by atoms with Crippen molar-refractivity contribution in [2.45, 2.75) is 31.8 Å². The molecule has 41 heavy (non-hydrogen) atoms. The fourth-order valence-electron chi connectivity index (χ4n) is 5.03. The summed E-state index contributed by atoms with van der Waals surface area (Å²) >= 11 is 0. The van der Waals surface area contributed by atoms with Crippen LogP contribution in [0.1, 0.15) is 34.6 Å². The molecule has 2 atom stereocenters. The first kappa shape index (κ1) is 28.0. The molecule has 2 aromatic carbocycles. The molecule has 0 radical (unpaired) electrons. The number of fused-ring (bicyclic) bond motifs is 1. The summed E-state index contributed by atoms with van der Waals surface area (Å²) in [7, 11) is 1.19. The van der Waals surface area contributed by atoms with Gasteiger partial charge < -0.3 is 34.3 Å². The van der Waals surface area contributed by atoms with E-state index in [4.69, 9.17) is 14.2 Å². The van der Waals surface area contributed by atoms with Gasteiger partial charge in [0.2, 0.25) is 0 Å². The number of hydrogen-bond donors (Lipinski definition) is 2. The number of carbonyl (C=O) groups is 5. The predicted octanol–water partition coefficient (Wildman–Crippen LogP) is 1.97. The quantitative estimate of drug-likeness (QED) is 0.263. The number of H-pyrrole nitrogens is 1. The molecule has 2 saturated heterocycles. The van der Waals surface area contributed by atoms with Crippen LogP contribution in [0.15, 0.2) is 54.7 Å². The highest BCUT2D eigenvalue weighted by Gasteiger charge is 2.49. The van der Waals surface area contributed by atoms with Gasteiger partial charge in [-0.05, 0) is 32.0 Å². The van der Waals surface area contributed by atoms with E-state index < -0.39 is 41.6 Å². The molecule has 2 aliphatic heterocycles. The van der Waals surface area contributed by atoms with Crippen LogP contribution in [0.2, 0.25) is 0 Å². The van der Waals surface area contributed by atoms with Crippen LogP contribution in [-0.2, 0) is 28.6 Å². The Morgan fingerprint density at radius 2 is 1.56 bits per heavy atom. The van der Waals surface area contributed by atoms with E-state index in [-0.39, 0.29) is 24.6 Å². The van der Waals surface area contributed by atoms with Crippen LogP contribution >= 0.6 is 0 Å². The Morgan fingerprint density at radius 1 is 0.902 bits per heavy atom. The SMILES string of the molecule is COC(=O)[C@@H]1OC(C)(C)O[C@H]1C(=O)Nc1cccc2c(C(=O)C(=O)N3CCN(C(=O)c4ccccc4)CC3)c[nH]c12. The van der Waals surface area contributed by atoms with Crippen molar-refractivity contribution >= 4 is 46.1 Å². The molecule has 12 nitrogen and oxygen atoms in total. The maximum absolute atomic E-state index is 13.3. The van der Waals surface area contributed by atoms with Crippen molar-refractivity contribution in [3.05, 3.63) is 65.9 Å². The minimum atomic E-state index is -1.27. The van der Waals surface area contributed by atoms with E-state index in [1.807, 2.05) is 6.07 Å². The van der Waals surface area contributed by atoms with Gasteiger partial charge in [0.05, 0.1) is 23.9 Å². The topological polar surface area (TPSA) is 147 Å². The highest BCUT2D eigenvalue weighted by atomic mass is 16.8. The molecule has 12 heteroatoms. The molecule has 0 unspecified atom stereocenters. The Balaban J connectivity index is 1.27. The van der Waals surface area contributed by atoms with Crippen molar-refractivity contribution < 1.29 is 38.2 Å². The van der Waals surface area contributed by atoms with Gasteiger partial charge in [-0.1, -0.05) is 30.3 Å². The smallest absolute Gasteiger partial charge is 0.338 e. The van der Waals surface area contributed by atoms with Crippen molar-refractivity contribution in [3.63, 3.8) is 0 Å². The molecular weight excluding hydrogens is 532 g/mol. The summed E-state index contributed by atoms with van der Waals surface area (Å²) in [5, 5.41) is 3.16.